The molecule has 0 atom stereocenters. The average molecular weight is 229 g/mol. The quantitative estimate of drug-likeness (QED) is 0.612. The Hall–Kier alpha value is -1.30. The van der Waals surface area contributed by atoms with Crippen LogP contribution in [0, 0.1) is 0 Å². The van der Waals surface area contributed by atoms with Gasteiger partial charge in [0, 0.05) is 20.1 Å². The summed E-state index contributed by atoms with van der Waals surface area (Å²) >= 11 is 0. The molecule has 0 spiro atoms. The Kier molecular flexibility index (Phi) is 4.12. The minimum atomic E-state index is -1.02. The first-order valence-corrected chi connectivity index (χ1v) is 5.43. The maximum atomic E-state index is 11.7. The van der Waals surface area contributed by atoms with E-state index in [1.54, 1.807) is 14.1 Å². The molecule has 0 bridgehead atoms. The van der Waals surface area contributed by atoms with Crippen molar-refractivity contribution in [3.05, 3.63) is 0 Å². The van der Waals surface area contributed by atoms with E-state index in [-0.39, 0.29) is 6.03 Å². The van der Waals surface area contributed by atoms with Crippen LogP contribution in [0.25, 0.3) is 0 Å². The maximum absolute atomic E-state index is 11.7. The summed E-state index contributed by atoms with van der Waals surface area (Å²) < 4.78 is 0. The van der Waals surface area contributed by atoms with Gasteiger partial charge in [0.25, 0.3) is 0 Å². The highest BCUT2D eigenvalue weighted by atomic mass is 16.4. The molecule has 1 aliphatic carbocycles. The molecule has 0 saturated heterocycles. The van der Waals surface area contributed by atoms with Crippen molar-refractivity contribution in [1.82, 2.24) is 15.5 Å². The highest BCUT2D eigenvalue weighted by Crippen LogP contribution is 2.32. The third-order valence-electron chi connectivity index (χ3n) is 3.01. The number of carboxylic acid groups (broad SMARTS) is 1. The molecule has 0 aromatic heterocycles. The van der Waals surface area contributed by atoms with Crippen molar-refractivity contribution in [2.24, 2.45) is 0 Å². The van der Waals surface area contributed by atoms with Gasteiger partial charge in [-0.05, 0) is 26.3 Å². The standard InChI is InChI=1S/C10H19N3O3/c1-11-6-7-13(2)9(16)12-10(8(14)15)4-3-5-10/h11H,3-7H2,1-2H3,(H,12,16)(H,14,15). The smallest absolute Gasteiger partial charge is 0.329 e. The molecule has 1 fully saturated rings. The number of nitrogens with one attached hydrogen (secondary N) is 2. The van der Waals surface area contributed by atoms with Crippen molar-refractivity contribution in [1.29, 1.82) is 0 Å². The molecular weight excluding hydrogens is 210 g/mol. The first-order valence-electron chi connectivity index (χ1n) is 5.43. The minimum absolute atomic E-state index is 0.322. The Morgan fingerprint density at radius 2 is 2.06 bits per heavy atom. The van der Waals surface area contributed by atoms with E-state index in [1.807, 2.05) is 0 Å². The van der Waals surface area contributed by atoms with E-state index in [0.29, 0.717) is 25.9 Å². The van der Waals surface area contributed by atoms with Gasteiger partial charge in [-0.1, -0.05) is 0 Å². The SMILES string of the molecule is CNCCN(C)C(=O)NC1(C(=O)O)CCC1. The van der Waals surface area contributed by atoms with Gasteiger partial charge in [-0.15, -0.1) is 0 Å². The fraction of sp³-hybridized carbons (Fsp3) is 0.800. The summed E-state index contributed by atoms with van der Waals surface area (Å²) in [5.41, 5.74) is -1.02. The van der Waals surface area contributed by atoms with Gasteiger partial charge >= 0.3 is 12.0 Å². The number of urea groups is 1. The Balaban J connectivity index is 2.46. The van der Waals surface area contributed by atoms with Crippen LogP contribution in [0.1, 0.15) is 19.3 Å². The second-order valence-electron chi connectivity index (χ2n) is 4.20. The van der Waals surface area contributed by atoms with E-state index in [4.69, 9.17) is 5.11 Å². The number of hydrogen-bond donors (Lipinski definition) is 3. The highest BCUT2D eigenvalue weighted by molar-refractivity contribution is 5.87. The van der Waals surface area contributed by atoms with Gasteiger partial charge in [0.1, 0.15) is 5.54 Å². The molecule has 0 aliphatic heterocycles. The maximum Gasteiger partial charge on any atom is 0.329 e. The third-order valence-corrected chi connectivity index (χ3v) is 3.01. The number of carbonyl (C=O) groups is 2. The number of carboxylic acids is 1. The number of rotatable bonds is 5. The molecule has 3 N–H and O–H groups in total. The van der Waals surface area contributed by atoms with Crippen LogP contribution in [-0.4, -0.2) is 54.7 Å². The molecule has 1 rings (SSSR count). The van der Waals surface area contributed by atoms with Crippen molar-refractivity contribution in [3.8, 4) is 0 Å². The van der Waals surface area contributed by atoms with Gasteiger partial charge in [-0.3, -0.25) is 0 Å². The summed E-state index contributed by atoms with van der Waals surface area (Å²) in [7, 11) is 3.46. The molecule has 0 unspecified atom stereocenters. The van der Waals surface area contributed by atoms with Gasteiger partial charge in [-0.25, -0.2) is 9.59 Å². The lowest BCUT2D eigenvalue weighted by molar-refractivity contribution is -0.148. The fourth-order valence-electron chi connectivity index (χ4n) is 1.60. The lowest BCUT2D eigenvalue weighted by Gasteiger charge is -2.39. The zero-order valence-corrected chi connectivity index (χ0v) is 9.75. The van der Waals surface area contributed by atoms with E-state index >= 15 is 0 Å². The second-order valence-corrected chi connectivity index (χ2v) is 4.20. The summed E-state index contributed by atoms with van der Waals surface area (Å²) in [5.74, 6) is -0.936. The topological polar surface area (TPSA) is 81.7 Å². The average Bonchev–Trinajstić information content (AvgIpc) is 2.18. The Labute approximate surface area is 95.0 Å². The Morgan fingerprint density at radius 1 is 1.44 bits per heavy atom. The number of likely N-dealkylation sites (N-methyl/N-ethyl adjacent to an activating group) is 2. The monoisotopic (exact) mass is 229 g/mol. The summed E-state index contributed by atoms with van der Waals surface area (Å²) in [4.78, 5) is 24.2. The molecule has 0 aromatic carbocycles. The van der Waals surface area contributed by atoms with Gasteiger partial charge < -0.3 is 20.6 Å². The van der Waals surface area contributed by atoms with Crippen LogP contribution < -0.4 is 10.6 Å². The highest BCUT2D eigenvalue weighted by Gasteiger charge is 2.46. The lowest BCUT2D eigenvalue weighted by atomic mass is 9.77. The predicted octanol–water partition coefficient (Wildman–Crippen LogP) is -0.145. The van der Waals surface area contributed by atoms with Crippen LogP contribution in [0.4, 0.5) is 4.79 Å². The largest absolute Gasteiger partial charge is 0.480 e. The van der Waals surface area contributed by atoms with Gasteiger partial charge in [-0.2, -0.15) is 0 Å². The van der Waals surface area contributed by atoms with Crippen LogP contribution in [0.2, 0.25) is 0 Å². The van der Waals surface area contributed by atoms with E-state index in [0.717, 1.165) is 6.42 Å². The van der Waals surface area contributed by atoms with Crippen LogP contribution >= 0.6 is 0 Å². The molecule has 6 nitrogen and oxygen atoms in total. The molecule has 2 amide bonds. The van der Waals surface area contributed by atoms with Crippen molar-refractivity contribution in [3.63, 3.8) is 0 Å². The van der Waals surface area contributed by atoms with Crippen molar-refractivity contribution in [2.45, 2.75) is 24.8 Å². The van der Waals surface area contributed by atoms with Crippen molar-refractivity contribution in [2.75, 3.05) is 27.2 Å². The number of amides is 2. The van der Waals surface area contributed by atoms with E-state index in [2.05, 4.69) is 10.6 Å². The Bertz CT molecular complexity index is 276. The molecule has 16 heavy (non-hydrogen) atoms. The zero-order valence-electron chi connectivity index (χ0n) is 9.75. The van der Waals surface area contributed by atoms with E-state index < -0.39 is 11.5 Å². The lowest BCUT2D eigenvalue weighted by Crippen LogP contribution is -2.61. The molecule has 0 aromatic rings. The molecule has 6 heteroatoms. The summed E-state index contributed by atoms with van der Waals surface area (Å²) in [6.07, 6.45) is 1.90. The fourth-order valence-corrected chi connectivity index (χ4v) is 1.60. The zero-order chi connectivity index (χ0) is 12.2. The molecule has 1 saturated carbocycles. The summed E-state index contributed by atoms with van der Waals surface area (Å²) in [6, 6.07) is -0.322. The van der Waals surface area contributed by atoms with Gasteiger partial charge in [0.15, 0.2) is 0 Å². The normalized spacial score (nSPS) is 17.4. The molecule has 0 heterocycles. The van der Waals surface area contributed by atoms with Crippen molar-refractivity contribution >= 4 is 12.0 Å². The molecular formula is C10H19N3O3. The summed E-state index contributed by atoms with van der Waals surface area (Å²) in [6.45, 7) is 1.24. The number of nitrogens with zero attached hydrogens (tertiary/aromatic N) is 1. The van der Waals surface area contributed by atoms with Crippen LogP contribution in [-0.2, 0) is 4.79 Å². The van der Waals surface area contributed by atoms with Crippen LogP contribution in [0.5, 0.6) is 0 Å². The van der Waals surface area contributed by atoms with E-state index in [9.17, 15) is 9.59 Å². The first-order chi connectivity index (χ1) is 7.52. The Morgan fingerprint density at radius 3 is 2.44 bits per heavy atom. The second kappa shape index (κ2) is 5.16. The van der Waals surface area contributed by atoms with E-state index in [1.165, 1.54) is 4.90 Å². The van der Waals surface area contributed by atoms with Gasteiger partial charge in [0.05, 0.1) is 0 Å². The first kappa shape index (κ1) is 12.8. The summed E-state index contributed by atoms with van der Waals surface area (Å²) in [5, 5.41) is 14.6. The number of aliphatic carboxylic acids is 1. The predicted molar refractivity (Wildman–Crippen MR) is 59.3 cm³/mol. The molecule has 1 aliphatic rings. The third kappa shape index (κ3) is 2.63. The van der Waals surface area contributed by atoms with Crippen molar-refractivity contribution < 1.29 is 14.7 Å². The molecule has 0 radical (unpaired) electrons. The van der Waals surface area contributed by atoms with Crippen LogP contribution in [0.15, 0.2) is 0 Å². The minimum Gasteiger partial charge on any atom is -0.480 e. The van der Waals surface area contributed by atoms with Crippen LogP contribution in [0.3, 0.4) is 0 Å². The van der Waals surface area contributed by atoms with Gasteiger partial charge in [0.2, 0.25) is 0 Å². The number of carbonyl (C=O) groups excluding carboxylic acids is 1. The molecule has 92 valence electrons. The number of hydrogen-bond acceptors (Lipinski definition) is 3.